The number of hydrogen-bond donors (Lipinski definition) is 1. The molecule has 0 spiro atoms. The first-order valence-electron chi connectivity index (χ1n) is 8.05. The summed E-state index contributed by atoms with van der Waals surface area (Å²) in [6, 6.07) is 5.33. The van der Waals surface area contributed by atoms with Crippen LogP contribution in [0, 0.1) is 5.92 Å². The molecule has 1 amide bonds. The van der Waals surface area contributed by atoms with Crippen molar-refractivity contribution in [3.63, 3.8) is 0 Å². The lowest BCUT2D eigenvalue weighted by Crippen LogP contribution is -2.42. The van der Waals surface area contributed by atoms with Gasteiger partial charge in [0.2, 0.25) is 0 Å². The zero-order valence-corrected chi connectivity index (χ0v) is 15.2. The molecule has 1 N–H and O–H groups in total. The van der Waals surface area contributed by atoms with Crippen molar-refractivity contribution in [1.82, 2.24) is 10.2 Å². The van der Waals surface area contributed by atoms with E-state index in [0.29, 0.717) is 29.6 Å². The normalized spacial score (nSPS) is 16.9. The zero-order chi connectivity index (χ0) is 16.7. The van der Waals surface area contributed by atoms with Crippen LogP contribution in [0.1, 0.15) is 23.2 Å². The van der Waals surface area contributed by atoms with Crippen molar-refractivity contribution in [2.75, 3.05) is 40.4 Å². The van der Waals surface area contributed by atoms with E-state index in [1.165, 1.54) is 6.42 Å². The smallest absolute Gasteiger partial charge is 0.254 e. The molecule has 6 heteroatoms. The van der Waals surface area contributed by atoms with Gasteiger partial charge in [-0.3, -0.25) is 4.79 Å². The lowest BCUT2D eigenvalue weighted by Gasteiger charge is -2.32. The number of likely N-dealkylation sites (tertiary alicyclic amines) is 1. The number of amides is 1. The molecular formula is C18H27ClN2O3. The Morgan fingerprint density at radius 3 is 2.92 bits per heavy atom. The van der Waals surface area contributed by atoms with Crippen LogP contribution in [0.4, 0.5) is 0 Å². The molecule has 1 saturated heterocycles. The molecule has 1 atom stereocenters. The highest BCUT2D eigenvalue weighted by molar-refractivity contribution is 5.95. The van der Waals surface area contributed by atoms with Crippen LogP contribution in [0.2, 0.25) is 0 Å². The van der Waals surface area contributed by atoms with Crippen molar-refractivity contribution in [3.8, 4) is 11.5 Å². The van der Waals surface area contributed by atoms with Crippen LogP contribution in [0.5, 0.6) is 11.5 Å². The standard InChI is InChI=1S/C18H26N2O3.ClH/c1-4-10-23-16-8-7-15(11-17(16)22-3)18(21)20-9-5-6-14(13-20)12-19-2;/h4,7-8,11,14,19H,1,5-6,9-10,12-13H2,2-3H3;1H. The number of methoxy groups -OCH3 is 1. The SMILES string of the molecule is C=CCOc1ccc(C(=O)N2CCCC(CNC)C2)cc1OC.Cl. The summed E-state index contributed by atoms with van der Waals surface area (Å²) in [7, 11) is 3.53. The third kappa shape index (κ3) is 5.14. The van der Waals surface area contributed by atoms with Crippen molar-refractivity contribution in [2.24, 2.45) is 5.92 Å². The molecule has 0 aliphatic carbocycles. The van der Waals surface area contributed by atoms with Crippen molar-refractivity contribution >= 4 is 18.3 Å². The number of ether oxygens (including phenoxy) is 2. The Kier molecular flexibility index (Phi) is 8.65. The molecule has 24 heavy (non-hydrogen) atoms. The van der Waals surface area contributed by atoms with Crippen LogP contribution in [0.3, 0.4) is 0 Å². The Balaban J connectivity index is 0.00000288. The van der Waals surface area contributed by atoms with Crippen molar-refractivity contribution in [2.45, 2.75) is 12.8 Å². The Morgan fingerprint density at radius 2 is 2.25 bits per heavy atom. The number of nitrogens with zero attached hydrogens (tertiary/aromatic N) is 1. The summed E-state index contributed by atoms with van der Waals surface area (Å²) in [5.41, 5.74) is 0.637. The van der Waals surface area contributed by atoms with Gasteiger partial charge in [0.15, 0.2) is 11.5 Å². The zero-order valence-electron chi connectivity index (χ0n) is 14.4. The van der Waals surface area contributed by atoms with Gasteiger partial charge in [-0.25, -0.2) is 0 Å². The fraction of sp³-hybridized carbons (Fsp3) is 0.500. The second-order valence-electron chi connectivity index (χ2n) is 5.78. The lowest BCUT2D eigenvalue weighted by atomic mass is 9.97. The van der Waals surface area contributed by atoms with E-state index in [-0.39, 0.29) is 18.3 Å². The molecule has 5 nitrogen and oxygen atoms in total. The quantitative estimate of drug-likeness (QED) is 0.765. The minimum atomic E-state index is 0. The molecular weight excluding hydrogens is 328 g/mol. The molecule has 134 valence electrons. The van der Waals surface area contributed by atoms with Crippen LogP contribution < -0.4 is 14.8 Å². The molecule has 1 aliphatic rings. The number of carbonyl (C=O) groups is 1. The Labute approximate surface area is 150 Å². The van der Waals surface area contributed by atoms with Crippen LogP contribution in [-0.4, -0.2) is 51.2 Å². The minimum absolute atomic E-state index is 0. The van der Waals surface area contributed by atoms with Gasteiger partial charge in [-0.2, -0.15) is 0 Å². The van der Waals surface area contributed by atoms with Gasteiger partial charge in [0.05, 0.1) is 7.11 Å². The van der Waals surface area contributed by atoms with Crippen LogP contribution in [0.25, 0.3) is 0 Å². The van der Waals surface area contributed by atoms with Crippen molar-refractivity contribution in [3.05, 3.63) is 36.4 Å². The van der Waals surface area contributed by atoms with E-state index in [2.05, 4.69) is 11.9 Å². The second-order valence-corrected chi connectivity index (χ2v) is 5.78. The highest BCUT2D eigenvalue weighted by Crippen LogP contribution is 2.29. The summed E-state index contributed by atoms with van der Waals surface area (Å²) < 4.78 is 10.9. The molecule has 0 radical (unpaired) electrons. The average molecular weight is 355 g/mol. The van der Waals surface area contributed by atoms with Gasteiger partial charge < -0.3 is 19.7 Å². The predicted octanol–water partition coefficient (Wildman–Crippen LogP) is 2.75. The fourth-order valence-electron chi connectivity index (χ4n) is 2.96. The maximum Gasteiger partial charge on any atom is 0.254 e. The fourth-order valence-corrected chi connectivity index (χ4v) is 2.96. The highest BCUT2D eigenvalue weighted by atomic mass is 35.5. The van der Waals surface area contributed by atoms with E-state index in [1.54, 1.807) is 31.4 Å². The van der Waals surface area contributed by atoms with Gasteiger partial charge in [-0.1, -0.05) is 12.7 Å². The molecule has 0 saturated carbocycles. The van der Waals surface area contributed by atoms with E-state index in [0.717, 1.165) is 26.1 Å². The summed E-state index contributed by atoms with van der Waals surface area (Å²) in [5, 5.41) is 3.20. The largest absolute Gasteiger partial charge is 0.493 e. The van der Waals surface area contributed by atoms with E-state index in [4.69, 9.17) is 9.47 Å². The number of nitrogens with one attached hydrogen (secondary N) is 1. The number of carbonyl (C=O) groups excluding carboxylic acids is 1. The van der Waals surface area contributed by atoms with Gasteiger partial charge in [-0.05, 0) is 50.6 Å². The molecule has 1 aliphatic heterocycles. The summed E-state index contributed by atoms with van der Waals surface area (Å²) in [4.78, 5) is 14.7. The molecule has 1 aromatic carbocycles. The highest BCUT2D eigenvalue weighted by Gasteiger charge is 2.24. The van der Waals surface area contributed by atoms with E-state index < -0.39 is 0 Å². The molecule has 0 bridgehead atoms. The number of rotatable bonds is 7. The van der Waals surface area contributed by atoms with E-state index in [1.807, 2.05) is 11.9 Å². The third-order valence-corrected chi connectivity index (χ3v) is 4.07. The number of halogens is 1. The Hall–Kier alpha value is -1.72. The van der Waals surface area contributed by atoms with Crippen molar-refractivity contribution < 1.29 is 14.3 Å². The van der Waals surface area contributed by atoms with Gasteiger partial charge in [0, 0.05) is 18.7 Å². The first kappa shape index (κ1) is 20.3. The Morgan fingerprint density at radius 1 is 1.46 bits per heavy atom. The van der Waals surface area contributed by atoms with Gasteiger partial charge in [-0.15, -0.1) is 12.4 Å². The Bertz CT molecular complexity index is 549. The van der Waals surface area contributed by atoms with Gasteiger partial charge in [0.1, 0.15) is 6.61 Å². The first-order chi connectivity index (χ1) is 11.2. The predicted molar refractivity (Wildman–Crippen MR) is 98.5 cm³/mol. The summed E-state index contributed by atoms with van der Waals surface area (Å²) in [6.45, 7) is 6.60. The summed E-state index contributed by atoms with van der Waals surface area (Å²) in [5.74, 6) is 1.77. The lowest BCUT2D eigenvalue weighted by molar-refractivity contribution is 0.0674. The summed E-state index contributed by atoms with van der Waals surface area (Å²) >= 11 is 0. The number of hydrogen-bond acceptors (Lipinski definition) is 4. The number of benzene rings is 1. The van der Waals surface area contributed by atoms with Gasteiger partial charge >= 0.3 is 0 Å². The van der Waals surface area contributed by atoms with Crippen LogP contribution in [-0.2, 0) is 0 Å². The topological polar surface area (TPSA) is 50.8 Å². The summed E-state index contributed by atoms with van der Waals surface area (Å²) in [6.07, 6.45) is 3.90. The molecule has 1 unspecified atom stereocenters. The maximum atomic E-state index is 12.7. The molecule has 2 rings (SSSR count). The molecule has 1 heterocycles. The average Bonchev–Trinajstić information content (AvgIpc) is 2.59. The minimum Gasteiger partial charge on any atom is -0.493 e. The third-order valence-electron chi connectivity index (χ3n) is 4.07. The first-order valence-corrected chi connectivity index (χ1v) is 8.05. The molecule has 0 aromatic heterocycles. The van der Waals surface area contributed by atoms with E-state index >= 15 is 0 Å². The van der Waals surface area contributed by atoms with Crippen LogP contribution in [0.15, 0.2) is 30.9 Å². The van der Waals surface area contributed by atoms with Gasteiger partial charge in [0.25, 0.3) is 5.91 Å². The molecule has 1 fully saturated rings. The van der Waals surface area contributed by atoms with E-state index in [9.17, 15) is 4.79 Å². The maximum absolute atomic E-state index is 12.7. The van der Waals surface area contributed by atoms with Crippen LogP contribution >= 0.6 is 12.4 Å². The molecule has 1 aromatic rings. The second kappa shape index (κ2) is 10.2. The number of piperidine rings is 1. The van der Waals surface area contributed by atoms with Crippen molar-refractivity contribution in [1.29, 1.82) is 0 Å². The monoisotopic (exact) mass is 354 g/mol.